The van der Waals surface area contributed by atoms with Crippen LogP contribution in [0.4, 0.5) is 5.69 Å². The number of hydrogen-bond donors (Lipinski definition) is 1. The molecule has 3 rings (SSSR count). The van der Waals surface area contributed by atoms with Crippen LogP contribution < -0.4 is 14.8 Å². The Hall–Kier alpha value is -2.54. The van der Waals surface area contributed by atoms with Gasteiger partial charge >= 0.3 is 0 Å². The molecular weight excluding hydrogens is 320 g/mol. The molecule has 7 heteroatoms. The summed E-state index contributed by atoms with van der Waals surface area (Å²) >= 11 is 0. The van der Waals surface area contributed by atoms with Crippen LogP contribution in [-0.2, 0) is 11.8 Å². The van der Waals surface area contributed by atoms with Crippen LogP contribution in [0.1, 0.15) is 24.4 Å². The number of methoxy groups -OCH3 is 2. The van der Waals surface area contributed by atoms with Crippen LogP contribution in [0.2, 0.25) is 0 Å². The van der Waals surface area contributed by atoms with E-state index < -0.39 is 0 Å². The van der Waals surface area contributed by atoms with Crippen molar-refractivity contribution in [3.63, 3.8) is 0 Å². The molecule has 0 spiro atoms. The predicted molar refractivity (Wildman–Crippen MR) is 94.9 cm³/mol. The van der Waals surface area contributed by atoms with Gasteiger partial charge in [-0.1, -0.05) is 6.07 Å². The van der Waals surface area contributed by atoms with E-state index in [-0.39, 0.29) is 11.9 Å². The van der Waals surface area contributed by atoms with Gasteiger partial charge in [0.1, 0.15) is 11.5 Å². The lowest BCUT2D eigenvalue weighted by atomic mass is 10.0. The van der Waals surface area contributed by atoms with E-state index in [1.54, 1.807) is 31.3 Å². The second kappa shape index (κ2) is 7.57. The lowest BCUT2D eigenvalue weighted by Gasteiger charge is -2.25. The fourth-order valence-electron chi connectivity index (χ4n) is 3.33. The van der Waals surface area contributed by atoms with Crippen LogP contribution >= 0.6 is 0 Å². The van der Waals surface area contributed by atoms with Crippen molar-refractivity contribution in [3.8, 4) is 11.5 Å². The Morgan fingerprint density at radius 3 is 2.88 bits per heavy atom. The van der Waals surface area contributed by atoms with E-state index in [0.717, 1.165) is 36.4 Å². The maximum Gasteiger partial charge on any atom is 0.238 e. The van der Waals surface area contributed by atoms with Crippen molar-refractivity contribution in [2.75, 3.05) is 32.6 Å². The highest BCUT2D eigenvalue weighted by Gasteiger charge is 2.29. The van der Waals surface area contributed by atoms with Crippen LogP contribution in [0.3, 0.4) is 0 Å². The number of benzene rings is 1. The van der Waals surface area contributed by atoms with Gasteiger partial charge in [0.15, 0.2) is 0 Å². The van der Waals surface area contributed by atoms with Crippen LogP contribution in [-0.4, -0.2) is 47.9 Å². The lowest BCUT2D eigenvalue weighted by molar-refractivity contribution is -0.117. The van der Waals surface area contributed by atoms with E-state index in [0.29, 0.717) is 12.2 Å². The van der Waals surface area contributed by atoms with Crippen molar-refractivity contribution in [2.24, 2.45) is 7.05 Å². The molecule has 7 nitrogen and oxygen atoms in total. The quantitative estimate of drug-likeness (QED) is 0.870. The van der Waals surface area contributed by atoms with Crippen molar-refractivity contribution in [1.29, 1.82) is 0 Å². The van der Waals surface area contributed by atoms with Gasteiger partial charge in [-0.15, -0.1) is 0 Å². The monoisotopic (exact) mass is 344 g/mol. The van der Waals surface area contributed by atoms with Gasteiger partial charge in [0, 0.05) is 30.9 Å². The summed E-state index contributed by atoms with van der Waals surface area (Å²) in [5, 5.41) is 6.96. The minimum absolute atomic E-state index is 0.0348. The summed E-state index contributed by atoms with van der Waals surface area (Å²) in [5.41, 5.74) is 1.81. The van der Waals surface area contributed by atoms with Crippen LogP contribution in [0.15, 0.2) is 30.6 Å². The number of likely N-dealkylation sites (tertiary alicyclic amines) is 1. The Labute approximate surface area is 147 Å². The first-order valence-corrected chi connectivity index (χ1v) is 8.35. The highest BCUT2D eigenvalue weighted by molar-refractivity contribution is 5.92. The first-order valence-electron chi connectivity index (χ1n) is 8.35. The molecule has 0 bridgehead atoms. The number of rotatable bonds is 6. The summed E-state index contributed by atoms with van der Waals surface area (Å²) in [6, 6.07) is 6.02. The lowest BCUT2D eigenvalue weighted by Crippen LogP contribution is -2.33. The van der Waals surface area contributed by atoms with Gasteiger partial charge < -0.3 is 14.8 Å². The van der Waals surface area contributed by atoms with Crippen LogP contribution in [0, 0.1) is 0 Å². The molecule has 1 fully saturated rings. The van der Waals surface area contributed by atoms with E-state index in [2.05, 4.69) is 15.3 Å². The minimum atomic E-state index is -0.0348. The number of amides is 1. The fraction of sp³-hybridized carbons (Fsp3) is 0.444. The van der Waals surface area contributed by atoms with Crippen molar-refractivity contribution in [1.82, 2.24) is 14.7 Å². The molecule has 0 unspecified atom stereocenters. The number of aryl methyl sites for hydroxylation is 1. The third kappa shape index (κ3) is 3.93. The average Bonchev–Trinajstić information content (AvgIpc) is 3.23. The van der Waals surface area contributed by atoms with E-state index >= 15 is 0 Å². The molecule has 1 aliphatic rings. The molecule has 1 aromatic carbocycles. The predicted octanol–water partition coefficient (Wildman–Crippen LogP) is 2.21. The molecule has 0 saturated carbocycles. The van der Waals surface area contributed by atoms with E-state index in [9.17, 15) is 4.79 Å². The van der Waals surface area contributed by atoms with Gasteiger partial charge in [0.2, 0.25) is 5.91 Å². The smallest absolute Gasteiger partial charge is 0.238 e. The first-order chi connectivity index (χ1) is 12.1. The molecule has 1 aliphatic heterocycles. The first kappa shape index (κ1) is 17.3. The van der Waals surface area contributed by atoms with Crippen molar-refractivity contribution in [3.05, 3.63) is 36.2 Å². The van der Waals surface area contributed by atoms with E-state index in [1.807, 2.05) is 25.2 Å². The highest BCUT2D eigenvalue weighted by Crippen LogP contribution is 2.38. The van der Waals surface area contributed by atoms with Crippen LogP contribution in [0.5, 0.6) is 11.5 Å². The third-order valence-corrected chi connectivity index (χ3v) is 4.50. The minimum Gasteiger partial charge on any atom is -0.497 e. The molecule has 1 aromatic heterocycles. The molecule has 25 heavy (non-hydrogen) atoms. The molecule has 134 valence electrons. The summed E-state index contributed by atoms with van der Waals surface area (Å²) in [6.07, 6.45) is 5.49. The average molecular weight is 344 g/mol. The van der Waals surface area contributed by atoms with Gasteiger partial charge in [0.05, 0.1) is 32.6 Å². The Bertz CT molecular complexity index is 744. The van der Waals surface area contributed by atoms with Gasteiger partial charge in [-0.2, -0.15) is 5.10 Å². The molecule has 1 N–H and O–H groups in total. The van der Waals surface area contributed by atoms with Gasteiger partial charge in [-0.05, 0) is 25.5 Å². The van der Waals surface area contributed by atoms with E-state index in [4.69, 9.17) is 9.47 Å². The molecule has 1 saturated heterocycles. The second-order valence-corrected chi connectivity index (χ2v) is 6.19. The second-order valence-electron chi connectivity index (χ2n) is 6.19. The molecule has 0 radical (unpaired) electrons. The maximum atomic E-state index is 12.4. The topological polar surface area (TPSA) is 68.6 Å². The molecule has 0 aliphatic carbocycles. The van der Waals surface area contributed by atoms with Gasteiger partial charge in [-0.3, -0.25) is 14.4 Å². The van der Waals surface area contributed by atoms with Gasteiger partial charge in [0.25, 0.3) is 0 Å². The van der Waals surface area contributed by atoms with Crippen molar-refractivity contribution >= 4 is 11.6 Å². The molecule has 1 amide bonds. The number of ether oxygens (including phenoxy) is 2. The summed E-state index contributed by atoms with van der Waals surface area (Å²) < 4.78 is 12.5. The highest BCUT2D eigenvalue weighted by atomic mass is 16.5. The maximum absolute atomic E-state index is 12.4. The summed E-state index contributed by atoms with van der Waals surface area (Å²) in [5.74, 6) is 1.52. The zero-order valence-corrected chi connectivity index (χ0v) is 14.9. The Morgan fingerprint density at radius 2 is 2.20 bits per heavy atom. The largest absolute Gasteiger partial charge is 0.497 e. The Balaban J connectivity index is 1.71. The normalized spacial score (nSPS) is 17.5. The number of nitrogens with zero attached hydrogens (tertiary/aromatic N) is 3. The van der Waals surface area contributed by atoms with Crippen LogP contribution in [0.25, 0.3) is 0 Å². The molecule has 2 aromatic rings. The molecule has 1 atom stereocenters. The SMILES string of the molecule is COc1ccc([C@@H]2CCCN2CC(=O)Nc2cnn(C)c2)c(OC)c1. The zero-order valence-electron chi connectivity index (χ0n) is 14.9. The molecular formula is C18H24N4O3. The number of nitrogens with one attached hydrogen (secondary N) is 1. The zero-order chi connectivity index (χ0) is 17.8. The number of carbonyl (C=O) groups excluding carboxylic acids is 1. The Kier molecular flexibility index (Phi) is 5.23. The summed E-state index contributed by atoms with van der Waals surface area (Å²) in [7, 11) is 5.12. The van der Waals surface area contributed by atoms with Crippen molar-refractivity contribution < 1.29 is 14.3 Å². The van der Waals surface area contributed by atoms with Gasteiger partial charge in [-0.25, -0.2) is 0 Å². The summed E-state index contributed by atoms with van der Waals surface area (Å²) in [6.45, 7) is 1.23. The van der Waals surface area contributed by atoms with E-state index in [1.165, 1.54) is 0 Å². The third-order valence-electron chi connectivity index (χ3n) is 4.50. The summed E-state index contributed by atoms with van der Waals surface area (Å²) in [4.78, 5) is 14.6. The number of anilines is 1. The van der Waals surface area contributed by atoms with Crippen molar-refractivity contribution in [2.45, 2.75) is 18.9 Å². The Morgan fingerprint density at radius 1 is 1.36 bits per heavy atom. The number of carbonyl (C=O) groups is 1. The fourth-order valence-corrected chi connectivity index (χ4v) is 3.33. The molecule has 2 heterocycles. The number of hydrogen-bond acceptors (Lipinski definition) is 5. The number of aromatic nitrogens is 2. The standard InChI is InChI=1S/C18H24N4O3/c1-21-11-13(10-19-21)20-18(23)12-22-8-4-5-16(22)15-7-6-14(24-2)9-17(15)25-3/h6-7,9-11,16H,4-5,8,12H2,1-3H3,(H,20,23)/t16-/m0/s1.